The number of carbonyl (C=O) groups excluding carboxylic acids is 1. The van der Waals surface area contributed by atoms with Crippen LogP contribution in [0.5, 0.6) is 0 Å². The first-order chi connectivity index (χ1) is 13.8. The molecule has 2 heterocycles. The minimum Gasteiger partial charge on any atom is -0.357 e. The Balaban J connectivity index is 1.52. The molecule has 2 aliphatic heterocycles. The average Bonchev–Trinajstić information content (AvgIpc) is 3.10. The predicted molar refractivity (Wildman–Crippen MR) is 106 cm³/mol. The Morgan fingerprint density at radius 1 is 1.24 bits per heavy atom. The van der Waals surface area contributed by atoms with Crippen molar-refractivity contribution in [3.05, 3.63) is 35.4 Å². The number of carbonyl (C=O) groups is 1. The van der Waals surface area contributed by atoms with E-state index in [1.165, 1.54) is 10.5 Å². The van der Waals surface area contributed by atoms with Crippen LogP contribution in [0.15, 0.2) is 29.3 Å². The van der Waals surface area contributed by atoms with Crippen LogP contribution >= 0.6 is 0 Å². The number of fused-ring (bicyclic) bond motifs is 1. The van der Waals surface area contributed by atoms with E-state index in [0.717, 1.165) is 12.0 Å². The first-order valence-corrected chi connectivity index (χ1v) is 10.0. The number of hydrogen-bond acceptors (Lipinski definition) is 3. The summed E-state index contributed by atoms with van der Waals surface area (Å²) in [5.41, 5.74) is 2.44. The Morgan fingerprint density at radius 2 is 2.00 bits per heavy atom. The molecule has 160 valence electrons. The molecule has 0 spiro atoms. The highest BCUT2D eigenvalue weighted by Crippen LogP contribution is 2.20. The maximum absolute atomic E-state index is 12.6. The van der Waals surface area contributed by atoms with Crippen molar-refractivity contribution in [3.63, 3.8) is 0 Å². The molecule has 0 aliphatic carbocycles. The molecule has 6 nitrogen and oxygen atoms in total. The third-order valence-corrected chi connectivity index (χ3v) is 5.22. The summed E-state index contributed by atoms with van der Waals surface area (Å²) < 4.78 is 37.7. The van der Waals surface area contributed by atoms with Gasteiger partial charge < -0.3 is 15.5 Å². The fourth-order valence-corrected chi connectivity index (χ4v) is 3.82. The first-order valence-electron chi connectivity index (χ1n) is 10.0. The monoisotopic (exact) mass is 411 g/mol. The summed E-state index contributed by atoms with van der Waals surface area (Å²) in [6.07, 6.45) is -2.74. The van der Waals surface area contributed by atoms with Crippen LogP contribution in [0.2, 0.25) is 0 Å². The number of guanidine groups is 1. The highest BCUT2D eigenvalue weighted by atomic mass is 19.4. The van der Waals surface area contributed by atoms with Gasteiger partial charge in [-0.3, -0.25) is 9.69 Å². The van der Waals surface area contributed by atoms with E-state index in [1.807, 2.05) is 25.1 Å². The van der Waals surface area contributed by atoms with E-state index in [2.05, 4.69) is 21.7 Å². The molecule has 3 rings (SSSR count). The van der Waals surface area contributed by atoms with E-state index in [4.69, 9.17) is 0 Å². The predicted octanol–water partition coefficient (Wildman–Crippen LogP) is 1.76. The molecule has 2 N–H and O–H groups in total. The minimum absolute atomic E-state index is 0.0104. The van der Waals surface area contributed by atoms with Crippen LogP contribution in [0.1, 0.15) is 24.5 Å². The van der Waals surface area contributed by atoms with Crippen LogP contribution in [0.25, 0.3) is 0 Å². The van der Waals surface area contributed by atoms with Crippen molar-refractivity contribution in [1.29, 1.82) is 0 Å². The van der Waals surface area contributed by atoms with Crippen molar-refractivity contribution in [1.82, 2.24) is 20.4 Å². The Kier molecular flexibility index (Phi) is 7.00. The van der Waals surface area contributed by atoms with Gasteiger partial charge in [-0.15, -0.1) is 0 Å². The van der Waals surface area contributed by atoms with Crippen molar-refractivity contribution < 1.29 is 18.0 Å². The van der Waals surface area contributed by atoms with E-state index < -0.39 is 12.7 Å². The maximum atomic E-state index is 12.6. The Bertz CT molecular complexity index is 737. The second-order valence-electron chi connectivity index (χ2n) is 7.51. The van der Waals surface area contributed by atoms with E-state index >= 15 is 0 Å². The molecule has 29 heavy (non-hydrogen) atoms. The van der Waals surface area contributed by atoms with Crippen LogP contribution < -0.4 is 10.6 Å². The van der Waals surface area contributed by atoms with Gasteiger partial charge in [-0.25, -0.2) is 4.99 Å². The van der Waals surface area contributed by atoms with Crippen molar-refractivity contribution in [2.75, 3.05) is 39.3 Å². The SMILES string of the molecule is CCNC(=NCC(=O)N1CCc2ccccc2C1)NC1CCN(CC(F)(F)F)C1. The molecule has 1 atom stereocenters. The van der Waals surface area contributed by atoms with E-state index in [-0.39, 0.29) is 18.5 Å². The summed E-state index contributed by atoms with van der Waals surface area (Å²) in [6.45, 7) is 3.59. The molecular formula is C20H28F3N5O. The van der Waals surface area contributed by atoms with Crippen LogP contribution in [0.3, 0.4) is 0 Å². The zero-order chi connectivity index (χ0) is 20.9. The van der Waals surface area contributed by atoms with Gasteiger partial charge in [0, 0.05) is 38.8 Å². The van der Waals surface area contributed by atoms with Gasteiger partial charge in [-0.2, -0.15) is 13.2 Å². The summed E-state index contributed by atoms with van der Waals surface area (Å²) in [7, 11) is 0. The van der Waals surface area contributed by atoms with Gasteiger partial charge in [-0.05, 0) is 30.9 Å². The summed E-state index contributed by atoms with van der Waals surface area (Å²) in [6, 6.07) is 7.99. The number of hydrogen-bond donors (Lipinski definition) is 2. The molecule has 1 aromatic rings. The topological polar surface area (TPSA) is 60.0 Å². The molecule has 0 saturated carbocycles. The zero-order valence-electron chi connectivity index (χ0n) is 16.6. The van der Waals surface area contributed by atoms with Crippen LogP contribution in [0.4, 0.5) is 13.2 Å². The van der Waals surface area contributed by atoms with E-state index in [1.54, 1.807) is 4.90 Å². The van der Waals surface area contributed by atoms with Crippen LogP contribution in [-0.2, 0) is 17.8 Å². The number of aliphatic imine (C=N–C) groups is 1. The van der Waals surface area contributed by atoms with Crippen molar-refractivity contribution >= 4 is 11.9 Å². The fourth-order valence-electron chi connectivity index (χ4n) is 3.82. The largest absolute Gasteiger partial charge is 0.401 e. The van der Waals surface area contributed by atoms with Gasteiger partial charge in [0.25, 0.3) is 0 Å². The van der Waals surface area contributed by atoms with Gasteiger partial charge >= 0.3 is 6.18 Å². The smallest absolute Gasteiger partial charge is 0.357 e. The molecular weight excluding hydrogens is 383 g/mol. The standard InChI is InChI=1S/C20H28F3N5O/c1-2-24-19(26-17-8-9-27(13-17)14-20(21,22)23)25-11-18(29)28-10-7-15-5-3-4-6-16(15)12-28/h3-6,17H,2,7-14H2,1H3,(H2,24,25,26). The molecule has 1 unspecified atom stereocenters. The van der Waals surface area contributed by atoms with Gasteiger partial charge in [0.15, 0.2) is 5.96 Å². The molecule has 9 heteroatoms. The third kappa shape index (κ3) is 6.35. The molecule has 1 aromatic carbocycles. The second-order valence-corrected chi connectivity index (χ2v) is 7.51. The summed E-state index contributed by atoms with van der Waals surface area (Å²) >= 11 is 0. The Morgan fingerprint density at radius 3 is 2.72 bits per heavy atom. The quantitative estimate of drug-likeness (QED) is 0.573. The zero-order valence-corrected chi connectivity index (χ0v) is 16.6. The lowest BCUT2D eigenvalue weighted by Gasteiger charge is -2.28. The first kappa shape index (κ1) is 21.4. The van der Waals surface area contributed by atoms with Gasteiger partial charge in [0.1, 0.15) is 6.54 Å². The Hall–Kier alpha value is -2.29. The highest BCUT2D eigenvalue weighted by Gasteiger charge is 2.34. The van der Waals surface area contributed by atoms with Crippen LogP contribution in [-0.4, -0.2) is 73.2 Å². The normalized spacial score (nSPS) is 20.5. The van der Waals surface area contributed by atoms with Crippen LogP contribution in [0, 0.1) is 0 Å². The van der Waals surface area contributed by atoms with Gasteiger partial charge in [-0.1, -0.05) is 24.3 Å². The lowest BCUT2D eigenvalue weighted by atomic mass is 10.00. The molecule has 1 saturated heterocycles. The van der Waals surface area contributed by atoms with Crippen molar-refractivity contribution in [2.24, 2.45) is 4.99 Å². The number of halogens is 3. The van der Waals surface area contributed by atoms with E-state index in [0.29, 0.717) is 45.1 Å². The number of nitrogens with one attached hydrogen (secondary N) is 2. The molecule has 2 aliphatic rings. The fraction of sp³-hybridized carbons (Fsp3) is 0.600. The van der Waals surface area contributed by atoms with Crippen molar-refractivity contribution in [3.8, 4) is 0 Å². The Labute approximate surface area is 169 Å². The minimum atomic E-state index is -4.19. The maximum Gasteiger partial charge on any atom is 0.401 e. The number of rotatable bonds is 5. The highest BCUT2D eigenvalue weighted by molar-refractivity contribution is 5.85. The number of amides is 1. The lowest BCUT2D eigenvalue weighted by molar-refractivity contribution is -0.143. The molecule has 1 fully saturated rings. The average molecular weight is 411 g/mol. The summed E-state index contributed by atoms with van der Waals surface area (Å²) in [5, 5.41) is 6.24. The second kappa shape index (κ2) is 9.47. The summed E-state index contributed by atoms with van der Waals surface area (Å²) in [4.78, 5) is 20.2. The van der Waals surface area contributed by atoms with Gasteiger partial charge in [0.05, 0.1) is 6.54 Å². The van der Waals surface area contributed by atoms with Gasteiger partial charge in [0.2, 0.25) is 5.91 Å². The number of benzene rings is 1. The van der Waals surface area contributed by atoms with Crippen molar-refractivity contribution in [2.45, 2.75) is 38.5 Å². The molecule has 0 bridgehead atoms. The third-order valence-electron chi connectivity index (χ3n) is 5.22. The number of nitrogens with zero attached hydrogens (tertiary/aromatic N) is 3. The number of likely N-dealkylation sites (tertiary alicyclic amines) is 1. The number of alkyl halides is 3. The van der Waals surface area contributed by atoms with E-state index in [9.17, 15) is 18.0 Å². The lowest BCUT2D eigenvalue weighted by Crippen LogP contribution is -2.46. The molecule has 1 amide bonds. The summed E-state index contributed by atoms with van der Waals surface area (Å²) in [5.74, 6) is 0.416. The molecule has 0 aromatic heterocycles. The molecule has 0 radical (unpaired) electrons.